The van der Waals surface area contributed by atoms with Gasteiger partial charge in [-0.3, -0.25) is 4.79 Å². The van der Waals surface area contributed by atoms with E-state index in [9.17, 15) is 4.79 Å². The summed E-state index contributed by atoms with van der Waals surface area (Å²) in [6.07, 6.45) is 3.07. The first kappa shape index (κ1) is 10.8. The van der Waals surface area contributed by atoms with Crippen LogP contribution in [0.25, 0.3) is 0 Å². The van der Waals surface area contributed by atoms with Gasteiger partial charge in [0.15, 0.2) is 0 Å². The normalized spacial score (nSPS) is 41.4. The van der Waals surface area contributed by atoms with Gasteiger partial charge in [0.1, 0.15) is 0 Å². The summed E-state index contributed by atoms with van der Waals surface area (Å²) in [4.78, 5) is 11.2. The number of nitrogens with two attached hydrogens (primary N) is 1. The van der Waals surface area contributed by atoms with E-state index in [2.05, 4.69) is 0 Å². The highest BCUT2D eigenvalue weighted by Gasteiger charge is 2.48. The van der Waals surface area contributed by atoms with Crippen molar-refractivity contribution in [3.63, 3.8) is 0 Å². The third kappa shape index (κ3) is 1.67. The van der Waals surface area contributed by atoms with Crippen molar-refractivity contribution in [1.82, 2.24) is 0 Å². The molecule has 0 bridgehead atoms. The Morgan fingerprint density at radius 1 is 1.38 bits per heavy atom. The summed E-state index contributed by atoms with van der Waals surface area (Å²) in [5.41, 5.74) is 5.82. The van der Waals surface area contributed by atoms with Crippen LogP contribution in [0.15, 0.2) is 0 Å². The number of carbonyl (C=O) groups excluding carboxylic acids is 1. The molecule has 4 heteroatoms. The Labute approximate surface area is 84.4 Å². The summed E-state index contributed by atoms with van der Waals surface area (Å²) < 4.78 is 4.71. The molecule has 76 valence electrons. The van der Waals surface area contributed by atoms with Crippen LogP contribution in [0, 0.1) is 17.8 Å². The Morgan fingerprint density at radius 3 is 2.54 bits per heavy atom. The predicted octanol–water partition coefficient (Wildman–Crippen LogP) is 0.955. The van der Waals surface area contributed by atoms with Crippen LogP contribution in [0.5, 0.6) is 0 Å². The second-order valence-electron chi connectivity index (χ2n) is 4.01. The molecule has 2 saturated carbocycles. The fourth-order valence-electron chi connectivity index (χ4n) is 2.64. The summed E-state index contributed by atoms with van der Waals surface area (Å²) in [6.45, 7) is 0. The van der Waals surface area contributed by atoms with E-state index >= 15 is 0 Å². The number of carbonyl (C=O) groups is 1. The molecule has 2 fully saturated rings. The van der Waals surface area contributed by atoms with Crippen molar-refractivity contribution >= 4 is 18.4 Å². The molecule has 0 aromatic heterocycles. The minimum absolute atomic E-state index is 0. The monoisotopic (exact) mass is 205 g/mol. The van der Waals surface area contributed by atoms with Crippen molar-refractivity contribution in [2.24, 2.45) is 23.5 Å². The maximum Gasteiger partial charge on any atom is 0.308 e. The van der Waals surface area contributed by atoms with Crippen molar-refractivity contribution in [2.45, 2.75) is 25.3 Å². The predicted molar refractivity (Wildman–Crippen MR) is 51.6 cm³/mol. The van der Waals surface area contributed by atoms with Crippen LogP contribution in [0.3, 0.4) is 0 Å². The van der Waals surface area contributed by atoms with Crippen molar-refractivity contribution in [3.8, 4) is 0 Å². The van der Waals surface area contributed by atoms with Crippen molar-refractivity contribution in [3.05, 3.63) is 0 Å². The van der Waals surface area contributed by atoms with Crippen LogP contribution in [0.1, 0.15) is 19.3 Å². The topological polar surface area (TPSA) is 52.3 Å². The Kier molecular flexibility index (Phi) is 3.19. The second kappa shape index (κ2) is 3.84. The zero-order valence-corrected chi connectivity index (χ0v) is 8.55. The third-order valence-electron chi connectivity index (χ3n) is 3.41. The first-order valence-electron chi connectivity index (χ1n) is 4.55. The Balaban J connectivity index is 0.000000845. The lowest BCUT2D eigenvalue weighted by atomic mass is 9.72. The van der Waals surface area contributed by atoms with Crippen LogP contribution >= 0.6 is 12.4 Å². The summed E-state index contributed by atoms with van der Waals surface area (Å²) in [5, 5.41) is 0. The first-order chi connectivity index (χ1) is 5.72. The highest BCUT2D eigenvalue weighted by molar-refractivity contribution is 5.85. The van der Waals surface area contributed by atoms with E-state index in [0.29, 0.717) is 17.9 Å². The molecule has 3 nitrogen and oxygen atoms in total. The molecule has 0 aliphatic heterocycles. The molecule has 2 N–H and O–H groups in total. The molecule has 0 radical (unpaired) electrons. The summed E-state index contributed by atoms with van der Waals surface area (Å²) in [5.74, 6) is 1.41. The molecule has 0 heterocycles. The van der Waals surface area contributed by atoms with Crippen molar-refractivity contribution < 1.29 is 9.53 Å². The number of methoxy groups -OCH3 is 1. The van der Waals surface area contributed by atoms with Gasteiger partial charge in [-0.1, -0.05) is 0 Å². The highest BCUT2D eigenvalue weighted by Crippen LogP contribution is 2.48. The van der Waals surface area contributed by atoms with E-state index in [0.717, 1.165) is 19.3 Å². The molecule has 0 amide bonds. The van der Waals surface area contributed by atoms with E-state index in [1.807, 2.05) is 0 Å². The molecule has 0 aromatic carbocycles. The molecule has 0 aromatic rings. The average Bonchev–Trinajstić information content (AvgIpc) is 2.41. The van der Waals surface area contributed by atoms with Crippen molar-refractivity contribution in [2.75, 3.05) is 7.11 Å². The van der Waals surface area contributed by atoms with E-state index < -0.39 is 0 Å². The van der Waals surface area contributed by atoms with E-state index in [1.54, 1.807) is 0 Å². The molecular weight excluding hydrogens is 190 g/mol. The van der Waals surface area contributed by atoms with Gasteiger partial charge in [0.2, 0.25) is 0 Å². The lowest BCUT2D eigenvalue weighted by Gasteiger charge is -2.37. The number of rotatable bonds is 1. The van der Waals surface area contributed by atoms with Crippen LogP contribution in [0.2, 0.25) is 0 Å². The van der Waals surface area contributed by atoms with Gasteiger partial charge in [0, 0.05) is 6.04 Å². The molecule has 4 atom stereocenters. The maximum absolute atomic E-state index is 11.2. The van der Waals surface area contributed by atoms with Gasteiger partial charge in [0.05, 0.1) is 13.0 Å². The van der Waals surface area contributed by atoms with Crippen LogP contribution < -0.4 is 5.73 Å². The van der Waals surface area contributed by atoms with E-state index in [-0.39, 0.29) is 24.3 Å². The number of halogens is 1. The summed E-state index contributed by atoms with van der Waals surface area (Å²) in [6, 6.07) is 0.352. The Hall–Kier alpha value is -0.280. The number of esters is 1. The van der Waals surface area contributed by atoms with Gasteiger partial charge >= 0.3 is 5.97 Å². The highest BCUT2D eigenvalue weighted by atomic mass is 35.5. The fourth-order valence-corrected chi connectivity index (χ4v) is 2.64. The molecule has 13 heavy (non-hydrogen) atoms. The Bertz CT molecular complexity index is 210. The van der Waals surface area contributed by atoms with Crippen LogP contribution in [-0.4, -0.2) is 19.1 Å². The van der Waals surface area contributed by atoms with Crippen molar-refractivity contribution in [1.29, 1.82) is 0 Å². The lowest BCUT2D eigenvalue weighted by Crippen LogP contribution is -2.44. The lowest BCUT2D eigenvalue weighted by molar-refractivity contribution is -0.145. The number of ether oxygens (including phenoxy) is 1. The van der Waals surface area contributed by atoms with Gasteiger partial charge in [-0.05, 0) is 31.1 Å². The summed E-state index contributed by atoms with van der Waals surface area (Å²) in [7, 11) is 1.46. The minimum Gasteiger partial charge on any atom is -0.469 e. The fraction of sp³-hybridized carbons (Fsp3) is 0.889. The molecule has 2 aliphatic carbocycles. The van der Waals surface area contributed by atoms with E-state index in [4.69, 9.17) is 10.5 Å². The number of hydrogen-bond donors (Lipinski definition) is 1. The van der Waals surface area contributed by atoms with Gasteiger partial charge in [-0.2, -0.15) is 0 Å². The summed E-state index contributed by atoms with van der Waals surface area (Å²) >= 11 is 0. The molecule has 2 rings (SSSR count). The van der Waals surface area contributed by atoms with Crippen LogP contribution in [-0.2, 0) is 9.53 Å². The quantitative estimate of drug-likeness (QED) is 0.649. The molecular formula is C9H16ClNO2. The number of fused-ring (bicyclic) bond motifs is 1. The van der Waals surface area contributed by atoms with Gasteiger partial charge in [0.25, 0.3) is 0 Å². The largest absolute Gasteiger partial charge is 0.469 e. The SMILES string of the molecule is COC(=O)C1C[C@@H]2C[C@@H](N)[C@@H]2C1.Cl. The Morgan fingerprint density at radius 2 is 2.08 bits per heavy atom. The maximum atomic E-state index is 11.2. The van der Waals surface area contributed by atoms with Gasteiger partial charge in [-0.15, -0.1) is 12.4 Å². The minimum atomic E-state index is -0.0448. The number of hydrogen-bond acceptors (Lipinski definition) is 3. The zero-order chi connectivity index (χ0) is 8.72. The third-order valence-corrected chi connectivity index (χ3v) is 3.41. The standard InChI is InChI=1S/C9H15NO2.ClH/c1-12-9(11)6-2-5-4-8(10)7(5)3-6;/h5-8H,2-4,10H2,1H3;1H/t5-,6?,7-,8-;/m1./s1. The zero-order valence-electron chi connectivity index (χ0n) is 7.73. The molecule has 1 unspecified atom stereocenters. The average molecular weight is 206 g/mol. The van der Waals surface area contributed by atoms with E-state index in [1.165, 1.54) is 7.11 Å². The first-order valence-corrected chi connectivity index (χ1v) is 4.55. The second-order valence-corrected chi connectivity index (χ2v) is 4.01. The molecule has 2 aliphatic rings. The smallest absolute Gasteiger partial charge is 0.308 e. The van der Waals surface area contributed by atoms with Crippen LogP contribution in [0.4, 0.5) is 0 Å². The van der Waals surface area contributed by atoms with Gasteiger partial charge < -0.3 is 10.5 Å². The van der Waals surface area contributed by atoms with Gasteiger partial charge in [-0.25, -0.2) is 0 Å². The molecule has 0 saturated heterocycles. The molecule has 0 spiro atoms.